The van der Waals surface area contributed by atoms with Gasteiger partial charge >= 0.3 is 0 Å². The fourth-order valence-electron chi connectivity index (χ4n) is 2.97. The average Bonchev–Trinajstić information content (AvgIpc) is 2.80. The summed E-state index contributed by atoms with van der Waals surface area (Å²) in [6.45, 7) is 4.23. The van der Waals surface area contributed by atoms with E-state index in [1.807, 2.05) is 0 Å². The molecule has 2 aromatic rings. The molecule has 1 aromatic heterocycles. The van der Waals surface area contributed by atoms with Gasteiger partial charge in [-0.3, -0.25) is 0 Å². The smallest absolute Gasteiger partial charge is 0.0807 e. The summed E-state index contributed by atoms with van der Waals surface area (Å²) in [4.78, 5) is 0. The SMILES string of the molecule is Cc1cc(-n2ccc3c2CCCC3O)cc(C)c1Br. The second-order valence-corrected chi connectivity index (χ2v) is 6.18. The van der Waals surface area contributed by atoms with Crippen molar-refractivity contribution in [1.29, 1.82) is 0 Å². The first-order chi connectivity index (χ1) is 9.08. The monoisotopic (exact) mass is 319 g/mol. The van der Waals surface area contributed by atoms with Crippen molar-refractivity contribution in [2.75, 3.05) is 0 Å². The second-order valence-electron chi connectivity index (χ2n) is 5.39. The Bertz CT molecular complexity index is 607. The van der Waals surface area contributed by atoms with Crippen LogP contribution in [0, 0.1) is 13.8 Å². The fraction of sp³-hybridized carbons (Fsp3) is 0.375. The molecular weight excluding hydrogens is 302 g/mol. The van der Waals surface area contributed by atoms with Crippen molar-refractivity contribution in [3.8, 4) is 5.69 Å². The maximum atomic E-state index is 10.1. The molecule has 1 aliphatic rings. The van der Waals surface area contributed by atoms with Crippen molar-refractivity contribution in [2.45, 2.75) is 39.2 Å². The molecule has 1 unspecified atom stereocenters. The van der Waals surface area contributed by atoms with Gasteiger partial charge in [0, 0.05) is 27.6 Å². The zero-order valence-corrected chi connectivity index (χ0v) is 12.9. The highest BCUT2D eigenvalue weighted by molar-refractivity contribution is 9.10. The lowest BCUT2D eigenvalue weighted by Crippen LogP contribution is -2.11. The number of aryl methyl sites for hydroxylation is 2. The van der Waals surface area contributed by atoms with E-state index >= 15 is 0 Å². The highest BCUT2D eigenvalue weighted by atomic mass is 79.9. The van der Waals surface area contributed by atoms with E-state index in [0.717, 1.165) is 24.8 Å². The van der Waals surface area contributed by atoms with Gasteiger partial charge in [-0.05, 0) is 62.4 Å². The summed E-state index contributed by atoms with van der Waals surface area (Å²) >= 11 is 3.61. The summed E-state index contributed by atoms with van der Waals surface area (Å²) in [5, 5.41) is 10.1. The van der Waals surface area contributed by atoms with Crippen LogP contribution in [0.4, 0.5) is 0 Å². The van der Waals surface area contributed by atoms with E-state index in [9.17, 15) is 5.11 Å². The lowest BCUT2D eigenvalue weighted by molar-refractivity contribution is 0.156. The molecule has 0 radical (unpaired) electrons. The number of hydrogen-bond donors (Lipinski definition) is 1. The standard InChI is InChI=1S/C16H18BrNO/c1-10-8-12(9-11(2)16(10)17)18-7-6-13-14(18)4-3-5-15(13)19/h6-9,15,19H,3-5H2,1-2H3. The Hall–Kier alpha value is -1.06. The predicted molar refractivity (Wildman–Crippen MR) is 80.8 cm³/mol. The molecule has 2 nitrogen and oxygen atoms in total. The number of halogens is 1. The van der Waals surface area contributed by atoms with Crippen molar-refractivity contribution in [1.82, 2.24) is 4.57 Å². The van der Waals surface area contributed by atoms with Gasteiger partial charge in [0.25, 0.3) is 0 Å². The minimum atomic E-state index is -0.289. The van der Waals surface area contributed by atoms with Gasteiger partial charge in [0.15, 0.2) is 0 Å². The number of aromatic nitrogens is 1. The largest absolute Gasteiger partial charge is 0.388 e. The molecule has 1 aliphatic carbocycles. The maximum absolute atomic E-state index is 10.1. The first-order valence-corrected chi connectivity index (χ1v) is 7.52. The third-order valence-electron chi connectivity index (χ3n) is 3.98. The maximum Gasteiger partial charge on any atom is 0.0807 e. The second kappa shape index (κ2) is 4.80. The molecule has 0 amide bonds. The van der Waals surface area contributed by atoms with Crippen LogP contribution in [0.25, 0.3) is 5.69 Å². The third kappa shape index (κ3) is 2.15. The number of aliphatic hydroxyl groups excluding tert-OH is 1. The first kappa shape index (κ1) is 12.9. The average molecular weight is 320 g/mol. The van der Waals surface area contributed by atoms with E-state index in [4.69, 9.17) is 0 Å². The van der Waals surface area contributed by atoms with Crippen molar-refractivity contribution in [2.24, 2.45) is 0 Å². The Morgan fingerprint density at radius 2 is 1.95 bits per heavy atom. The number of benzene rings is 1. The molecule has 100 valence electrons. The zero-order chi connectivity index (χ0) is 13.6. The van der Waals surface area contributed by atoms with Crippen LogP contribution in [0.5, 0.6) is 0 Å². The Morgan fingerprint density at radius 1 is 1.26 bits per heavy atom. The lowest BCUT2D eigenvalue weighted by atomic mass is 9.95. The highest BCUT2D eigenvalue weighted by Crippen LogP contribution is 2.33. The van der Waals surface area contributed by atoms with Crippen molar-refractivity contribution >= 4 is 15.9 Å². The van der Waals surface area contributed by atoms with Gasteiger partial charge in [0.2, 0.25) is 0 Å². The summed E-state index contributed by atoms with van der Waals surface area (Å²) in [5.74, 6) is 0. The van der Waals surface area contributed by atoms with Crippen LogP contribution in [0.3, 0.4) is 0 Å². The van der Waals surface area contributed by atoms with Crippen LogP contribution in [-0.4, -0.2) is 9.67 Å². The molecular formula is C16H18BrNO. The Morgan fingerprint density at radius 3 is 2.63 bits per heavy atom. The molecule has 1 N–H and O–H groups in total. The molecule has 3 rings (SSSR count). The van der Waals surface area contributed by atoms with E-state index < -0.39 is 0 Å². The molecule has 1 heterocycles. The minimum absolute atomic E-state index is 0.289. The Balaban J connectivity index is 2.13. The van der Waals surface area contributed by atoms with Crippen molar-refractivity contribution in [3.63, 3.8) is 0 Å². The van der Waals surface area contributed by atoms with Gasteiger partial charge < -0.3 is 9.67 Å². The van der Waals surface area contributed by atoms with Crippen molar-refractivity contribution in [3.05, 3.63) is 51.3 Å². The lowest BCUT2D eigenvalue weighted by Gasteiger charge is -2.20. The zero-order valence-electron chi connectivity index (χ0n) is 11.3. The third-order valence-corrected chi connectivity index (χ3v) is 5.23. The van der Waals surface area contributed by atoms with E-state index in [-0.39, 0.29) is 6.10 Å². The quantitative estimate of drug-likeness (QED) is 0.836. The number of rotatable bonds is 1. The summed E-state index contributed by atoms with van der Waals surface area (Å²) in [6, 6.07) is 6.45. The molecule has 1 atom stereocenters. The molecule has 0 aliphatic heterocycles. The van der Waals surface area contributed by atoms with Gasteiger partial charge in [-0.15, -0.1) is 0 Å². The van der Waals surface area contributed by atoms with Gasteiger partial charge in [-0.25, -0.2) is 0 Å². The number of hydrogen-bond acceptors (Lipinski definition) is 1. The molecule has 3 heteroatoms. The normalized spacial score (nSPS) is 18.4. The van der Waals surface area contributed by atoms with Crippen LogP contribution in [0.2, 0.25) is 0 Å². The van der Waals surface area contributed by atoms with Crippen LogP contribution in [0.1, 0.15) is 41.3 Å². The molecule has 1 aromatic carbocycles. The molecule has 19 heavy (non-hydrogen) atoms. The fourth-order valence-corrected chi connectivity index (χ4v) is 3.20. The highest BCUT2D eigenvalue weighted by Gasteiger charge is 2.21. The van der Waals surface area contributed by atoms with Gasteiger partial charge in [-0.1, -0.05) is 15.9 Å². The Kier molecular flexibility index (Phi) is 3.27. The minimum Gasteiger partial charge on any atom is -0.388 e. The van der Waals surface area contributed by atoms with Crippen LogP contribution >= 0.6 is 15.9 Å². The molecule has 0 bridgehead atoms. The van der Waals surface area contributed by atoms with Gasteiger partial charge in [0.05, 0.1) is 6.10 Å². The van der Waals surface area contributed by atoms with Crippen molar-refractivity contribution < 1.29 is 5.11 Å². The summed E-state index contributed by atoms with van der Waals surface area (Å²) < 4.78 is 3.40. The summed E-state index contributed by atoms with van der Waals surface area (Å²) in [6.07, 6.45) is 4.79. The number of fused-ring (bicyclic) bond motifs is 1. The Labute approximate surface area is 122 Å². The van der Waals surface area contributed by atoms with Crippen LogP contribution in [0.15, 0.2) is 28.9 Å². The van der Waals surface area contributed by atoms with Gasteiger partial charge in [-0.2, -0.15) is 0 Å². The van der Waals surface area contributed by atoms with E-state index in [1.54, 1.807) is 0 Å². The molecule has 0 saturated heterocycles. The summed E-state index contributed by atoms with van der Waals surface area (Å²) in [5.41, 5.74) is 6.04. The van der Waals surface area contributed by atoms with E-state index in [2.05, 4.69) is 58.7 Å². The van der Waals surface area contributed by atoms with E-state index in [0.29, 0.717) is 0 Å². The molecule has 0 saturated carbocycles. The molecule has 0 spiro atoms. The number of nitrogens with zero attached hydrogens (tertiary/aromatic N) is 1. The number of aliphatic hydroxyl groups is 1. The van der Waals surface area contributed by atoms with E-state index in [1.165, 1.54) is 27.0 Å². The van der Waals surface area contributed by atoms with Gasteiger partial charge in [0.1, 0.15) is 0 Å². The molecule has 0 fully saturated rings. The predicted octanol–water partition coefficient (Wildman–Crippen LogP) is 4.23. The van der Waals surface area contributed by atoms with Crippen LogP contribution < -0.4 is 0 Å². The van der Waals surface area contributed by atoms with Crippen LogP contribution in [-0.2, 0) is 6.42 Å². The summed E-state index contributed by atoms with van der Waals surface area (Å²) in [7, 11) is 0. The first-order valence-electron chi connectivity index (χ1n) is 6.73. The topological polar surface area (TPSA) is 25.2 Å².